The summed E-state index contributed by atoms with van der Waals surface area (Å²) in [6, 6.07) is 0.519. The highest BCUT2D eigenvalue weighted by molar-refractivity contribution is 5.78. The molecule has 0 saturated carbocycles. The van der Waals surface area contributed by atoms with Crippen LogP contribution in [0.1, 0.15) is 26.7 Å². The summed E-state index contributed by atoms with van der Waals surface area (Å²) in [6.45, 7) is 7.65. The maximum absolute atomic E-state index is 12.1. The third-order valence-corrected chi connectivity index (χ3v) is 3.67. The molecule has 0 bridgehead atoms. The zero-order valence-electron chi connectivity index (χ0n) is 11.7. The Labute approximate surface area is 114 Å². The van der Waals surface area contributed by atoms with Crippen molar-refractivity contribution in [3.63, 3.8) is 0 Å². The summed E-state index contributed by atoms with van der Waals surface area (Å²) in [5.41, 5.74) is 0. The molecule has 1 aliphatic rings. The molecule has 1 atom stereocenters. The minimum atomic E-state index is 0.131. The quantitative estimate of drug-likeness (QED) is 0.843. The summed E-state index contributed by atoms with van der Waals surface area (Å²) in [5.74, 6) is 0.303. The van der Waals surface area contributed by atoms with E-state index in [2.05, 4.69) is 34.4 Å². The van der Waals surface area contributed by atoms with Gasteiger partial charge in [-0.05, 0) is 33.2 Å². The minimum absolute atomic E-state index is 0.131. The molecule has 6 nitrogen and oxygen atoms in total. The van der Waals surface area contributed by atoms with E-state index >= 15 is 0 Å². The third kappa shape index (κ3) is 4.02. The van der Waals surface area contributed by atoms with E-state index in [1.807, 2.05) is 0 Å². The second-order valence-corrected chi connectivity index (χ2v) is 5.38. The molecule has 1 aromatic rings. The summed E-state index contributed by atoms with van der Waals surface area (Å²) >= 11 is 0. The van der Waals surface area contributed by atoms with E-state index in [0.29, 0.717) is 19.1 Å². The van der Waals surface area contributed by atoms with Gasteiger partial charge in [-0.1, -0.05) is 5.21 Å². The van der Waals surface area contributed by atoms with Crippen LogP contribution in [-0.4, -0.2) is 51.5 Å². The smallest absolute Gasteiger partial charge is 0.224 e. The van der Waals surface area contributed by atoms with Gasteiger partial charge in [-0.25, -0.2) is 0 Å². The van der Waals surface area contributed by atoms with E-state index in [-0.39, 0.29) is 11.8 Å². The Morgan fingerprint density at radius 3 is 3.05 bits per heavy atom. The highest BCUT2D eigenvalue weighted by atomic mass is 16.1. The van der Waals surface area contributed by atoms with Crippen molar-refractivity contribution in [3.05, 3.63) is 12.4 Å². The number of nitrogens with one attached hydrogen (secondary N) is 1. The monoisotopic (exact) mass is 265 g/mol. The maximum atomic E-state index is 12.1. The van der Waals surface area contributed by atoms with Gasteiger partial charge in [-0.15, -0.1) is 5.10 Å². The predicted octanol–water partition coefficient (Wildman–Crippen LogP) is 0.515. The second-order valence-electron chi connectivity index (χ2n) is 5.38. The molecule has 2 heterocycles. The van der Waals surface area contributed by atoms with Gasteiger partial charge < -0.3 is 10.2 Å². The molecule has 19 heavy (non-hydrogen) atoms. The normalized spacial score (nSPS) is 20.7. The Morgan fingerprint density at radius 2 is 2.37 bits per heavy atom. The fourth-order valence-electron chi connectivity index (χ4n) is 2.48. The molecule has 106 valence electrons. The van der Waals surface area contributed by atoms with Gasteiger partial charge in [0.25, 0.3) is 0 Å². The molecule has 1 N–H and O–H groups in total. The zero-order valence-corrected chi connectivity index (χ0v) is 11.7. The number of carbonyl (C=O) groups is 1. The van der Waals surface area contributed by atoms with Gasteiger partial charge in [0.1, 0.15) is 0 Å². The summed E-state index contributed by atoms with van der Waals surface area (Å²) in [5, 5.41) is 10.6. The molecule has 0 aromatic carbocycles. The first-order valence-corrected chi connectivity index (χ1v) is 7.02. The van der Waals surface area contributed by atoms with E-state index in [1.165, 1.54) is 0 Å². The number of aromatic nitrogens is 3. The molecular weight excluding hydrogens is 242 g/mol. The van der Waals surface area contributed by atoms with Crippen molar-refractivity contribution in [2.45, 2.75) is 39.3 Å². The van der Waals surface area contributed by atoms with Gasteiger partial charge in [-0.2, -0.15) is 0 Å². The standard InChI is InChI=1S/C13H23N5O/c1-11(2)17-7-3-4-12(10-17)13(19)14-5-8-18-9-6-15-16-18/h6,9,11-12H,3-5,7-8,10H2,1-2H3,(H,14,19). The average molecular weight is 265 g/mol. The van der Waals surface area contributed by atoms with Gasteiger partial charge in [0.15, 0.2) is 0 Å². The number of likely N-dealkylation sites (tertiary alicyclic amines) is 1. The molecule has 1 amide bonds. The van der Waals surface area contributed by atoms with Crippen LogP contribution in [0, 0.1) is 5.92 Å². The number of nitrogens with zero attached hydrogens (tertiary/aromatic N) is 4. The summed E-state index contributed by atoms with van der Waals surface area (Å²) in [6.07, 6.45) is 5.55. The van der Waals surface area contributed by atoms with Gasteiger partial charge >= 0.3 is 0 Å². The van der Waals surface area contributed by atoms with Crippen LogP contribution in [0.4, 0.5) is 0 Å². The lowest BCUT2D eigenvalue weighted by Crippen LogP contribution is -2.46. The lowest BCUT2D eigenvalue weighted by atomic mass is 9.96. The molecular formula is C13H23N5O. The second kappa shape index (κ2) is 6.65. The largest absolute Gasteiger partial charge is 0.354 e. The number of amides is 1. The first-order chi connectivity index (χ1) is 9.16. The Kier molecular flexibility index (Phi) is 4.90. The molecule has 1 fully saturated rings. The highest BCUT2D eigenvalue weighted by Gasteiger charge is 2.26. The fourth-order valence-corrected chi connectivity index (χ4v) is 2.48. The van der Waals surface area contributed by atoms with Gasteiger partial charge in [0.2, 0.25) is 5.91 Å². The SMILES string of the molecule is CC(C)N1CCCC(C(=O)NCCn2ccnn2)C1. The minimum Gasteiger partial charge on any atom is -0.354 e. The lowest BCUT2D eigenvalue weighted by molar-refractivity contribution is -0.126. The Bertz CT molecular complexity index is 390. The van der Waals surface area contributed by atoms with Crippen LogP contribution in [0.5, 0.6) is 0 Å². The van der Waals surface area contributed by atoms with Crippen molar-refractivity contribution in [1.82, 2.24) is 25.2 Å². The van der Waals surface area contributed by atoms with Crippen LogP contribution in [-0.2, 0) is 11.3 Å². The Balaban J connectivity index is 1.73. The van der Waals surface area contributed by atoms with Crippen LogP contribution in [0.25, 0.3) is 0 Å². The third-order valence-electron chi connectivity index (χ3n) is 3.67. The molecule has 0 aliphatic carbocycles. The number of rotatable bonds is 5. The molecule has 2 rings (SSSR count). The average Bonchev–Trinajstić information content (AvgIpc) is 2.92. The van der Waals surface area contributed by atoms with Crippen LogP contribution >= 0.6 is 0 Å². The van der Waals surface area contributed by atoms with Gasteiger partial charge in [0.05, 0.1) is 18.7 Å². The topological polar surface area (TPSA) is 63.1 Å². The maximum Gasteiger partial charge on any atom is 0.224 e. The molecule has 1 unspecified atom stereocenters. The van der Waals surface area contributed by atoms with Crippen molar-refractivity contribution < 1.29 is 4.79 Å². The van der Waals surface area contributed by atoms with E-state index < -0.39 is 0 Å². The number of hydrogen-bond donors (Lipinski definition) is 1. The predicted molar refractivity (Wildman–Crippen MR) is 72.5 cm³/mol. The van der Waals surface area contributed by atoms with Crippen molar-refractivity contribution >= 4 is 5.91 Å². The number of hydrogen-bond acceptors (Lipinski definition) is 4. The molecule has 0 spiro atoms. The van der Waals surface area contributed by atoms with E-state index in [4.69, 9.17) is 0 Å². The van der Waals surface area contributed by atoms with E-state index in [0.717, 1.165) is 25.9 Å². The zero-order chi connectivity index (χ0) is 13.7. The summed E-state index contributed by atoms with van der Waals surface area (Å²) in [4.78, 5) is 14.5. The molecule has 1 saturated heterocycles. The molecule has 1 aliphatic heterocycles. The number of piperidine rings is 1. The number of carbonyl (C=O) groups excluding carboxylic acids is 1. The fraction of sp³-hybridized carbons (Fsp3) is 0.769. The van der Waals surface area contributed by atoms with E-state index in [1.54, 1.807) is 17.1 Å². The van der Waals surface area contributed by atoms with Crippen LogP contribution < -0.4 is 5.32 Å². The van der Waals surface area contributed by atoms with Crippen molar-refractivity contribution in [2.75, 3.05) is 19.6 Å². The molecule has 6 heteroatoms. The van der Waals surface area contributed by atoms with Crippen LogP contribution in [0.15, 0.2) is 12.4 Å². The first-order valence-electron chi connectivity index (χ1n) is 7.02. The summed E-state index contributed by atoms with van der Waals surface area (Å²) in [7, 11) is 0. The van der Waals surface area contributed by atoms with Crippen molar-refractivity contribution in [2.24, 2.45) is 5.92 Å². The van der Waals surface area contributed by atoms with Crippen LogP contribution in [0.3, 0.4) is 0 Å². The highest BCUT2D eigenvalue weighted by Crippen LogP contribution is 2.18. The Morgan fingerprint density at radius 1 is 1.53 bits per heavy atom. The van der Waals surface area contributed by atoms with Crippen molar-refractivity contribution in [3.8, 4) is 0 Å². The molecule has 1 aromatic heterocycles. The van der Waals surface area contributed by atoms with Gasteiger partial charge in [0, 0.05) is 25.3 Å². The van der Waals surface area contributed by atoms with Gasteiger partial charge in [-0.3, -0.25) is 9.48 Å². The Hall–Kier alpha value is -1.43. The molecule has 0 radical (unpaired) electrons. The van der Waals surface area contributed by atoms with Crippen molar-refractivity contribution in [1.29, 1.82) is 0 Å². The lowest BCUT2D eigenvalue weighted by Gasteiger charge is -2.34. The summed E-state index contributed by atoms with van der Waals surface area (Å²) < 4.78 is 1.72. The van der Waals surface area contributed by atoms with Crippen LogP contribution in [0.2, 0.25) is 0 Å². The first kappa shape index (κ1) is 14.0. The van der Waals surface area contributed by atoms with E-state index in [9.17, 15) is 4.79 Å².